The minimum absolute atomic E-state index is 0.224. The lowest BCUT2D eigenvalue weighted by Gasteiger charge is -2.09. The molecule has 0 fully saturated rings. The van der Waals surface area contributed by atoms with Crippen LogP contribution >= 0.6 is 0 Å². The predicted molar refractivity (Wildman–Crippen MR) is 116 cm³/mol. The SMILES string of the molecule is O=C(O)C1=C(C(=O)Nc2ccc(-c3ccc(Oc4ccccc4)cc3)cc2)CCC1. The van der Waals surface area contributed by atoms with Crippen LogP contribution in [0.5, 0.6) is 11.5 Å². The van der Waals surface area contributed by atoms with E-state index in [4.69, 9.17) is 4.74 Å². The van der Waals surface area contributed by atoms with Crippen molar-refractivity contribution in [1.82, 2.24) is 0 Å². The first kappa shape index (κ1) is 19.5. The average molecular weight is 399 g/mol. The van der Waals surface area contributed by atoms with Crippen molar-refractivity contribution in [1.29, 1.82) is 0 Å². The Morgan fingerprint density at radius 2 is 1.30 bits per heavy atom. The number of para-hydroxylation sites is 1. The first-order valence-electron chi connectivity index (χ1n) is 9.80. The van der Waals surface area contributed by atoms with Gasteiger partial charge in [0.1, 0.15) is 11.5 Å². The van der Waals surface area contributed by atoms with Crippen LogP contribution in [-0.2, 0) is 9.59 Å². The summed E-state index contributed by atoms with van der Waals surface area (Å²) < 4.78 is 5.81. The molecule has 1 aliphatic rings. The van der Waals surface area contributed by atoms with Crippen molar-refractivity contribution < 1.29 is 19.4 Å². The summed E-state index contributed by atoms with van der Waals surface area (Å²) in [5.41, 5.74) is 3.27. The molecule has 0 spiro atoms. The van der Waals surface area contributed by atoms with Crippen molar-refractivity contribution in [2.45, 2.75) is 19.3 Å². The Hall–Kier alpha value is -3.86. The molecule has 2 N–H and O–H groups in total. The molecular weight excluding hydrogens is 378 g/mol. The second-order valence-electron chi connectivity index (χ2n) is 7.09. The predicted octanol–water partition coefficient (Wildman–Crippen LogP) is 5.65. The summed E-state index contributed by atoms with van der Waals surface area (Å²) in [5, 5.41) is 12.0. The maximum absolute atomic E-state index is 12.4. The lowest BCUT2D eigenvalue weighted by molar-refractivity contribution is -0.133. The maximum atomic E-state index is 12.4. The van der Waals surface area contributed by atoms with Gasteiger partial charge in [-0.25, -0.2) is 4.79 Å². The van der Waals surface area contributed by atoms with E-state index in [1.807, 2.05) is 78.9 Å². The van der Waals surface area contributed by atoms with E-state index in [0.717, 1.165) is 22.6 Å². The van der Waals surface area contributed by atoms with E-state index in [1.54, 1.807) is 0 Å². The number of carbonyl (C=O) groups is 2. The summed E-state index contributed by atoms with van der Waals surface area (Å²) in [4.78, 5) is 23.7. The van der Waals surface area contributed by atoms with E-state index in [-0.39, 0.29) is 11.5 Å². The van der Waals surface area contributed by atoms with Gasteiger partial charge in [0.05, 0.1) is 0 Å². The van der Waals surface area contributed by atoms with Crippen LogP contribution in [0.4, 0.5) is 5.69 Å². The van der Waals surface area contributed by atoms with E-state index >= 15 is 0 Å². The zero-order valence-corrected chi connectivity index (χ0v) is 16.3. The van der Waals surface area contributed by atoms with Gasteiger partial charge in [-0.2, -0.15) is 0 Å². The lowest BCUT2D eigenvalue weighted by Crippen LogP contribution is -2.16. The summed E-state index contributed by atoms with van der Waals surface area (Å²) in [6, 6.07) is 24.9. The minimum atomic E-state index is -1.01. The van der Waals surface area contributed by atoms with Gasteiger partial charge in [-0.3, -0.25) is 4.79 Å². The molecule has 150 valence electrons. The Balaban J connectivity index is 1.43. The number of carboxylic acids is 1. The molecule has 0 radical (unpaired) electrons. The molecule has 0 bridgehead atoms. The second kappa shape index (κ2) is 8.66. The molecule has 4 rings (SSSR count). The highest BCUT2D eigenvalue weighted by Crippen LogP contribution is 2.29. The second-order valence-corrected chi connectivity index (χ2v) is 7.09. The number of amides is 1. The Morgan fingerprint density at radius 3 is 1.93 bits per heavy atom. The van der Waals surface area contributed by atoms with Crippen molar-refractivity contribution in [3.63, 3.8) is 0 Å². The van der Waals surface area contributed by atoms with Crippen molar-refractivity contribution in [2.24, 2.45) is 0 Å². The van der Waals surface area contributed by atoms with E-state index in [1.165, 1.54) is 0 Å². The smallest absolute Gasteiger partial charge is 0.332 e. The number of nitrogens with one attached hydrogen (secondary N) is 1. The molecule has 0 unspecified atom stereocenters. The van der Waals surface area contributed by atoms with Crippen LogP contribution in [0.25, 0.3) is 11.1 Å². The third kappa shape index (κ3) is 4.41. The molecule has 1 aliphatic carbocycles. The number of carboxylic acid groups (broad SMARTS) is 1. The van der Waals surface area contributed by atoms with Gasteiger partial charge in [0, 0.05) is 16.8 Å². The van der Waals surface area contributed by atoms with E-state index in [2.05, 4.69) is 5.32 Å². The monoisotopic (exact) mass is 399 g/mol. The number of anilines is 1. The average Bonchev–Trinajstić information content (AvgIpc) is 3.26. The Morgan fingerprint density at radius 1 is 0.733 bits per heavy atom. The number of aliphatic carboxylic acids is 1. The van der Waals surface area contributed by atoms with Crippen molar-refractivity contribution >= 4 is 17.6 Å². The Kier molecular flexibility index (Phi) is 5.61. The van der Waals surface area contributed by atoms with E-state index in [9.17, 15) is 14.7 Å². The van der Waals surface area contributed by atoms with Gasteiger partial charge in [0.25, 0.3) is 5.91 Å². The lowest BCUT2D eigenvalue weighted by atomic mass is 10.1. The quantitative estimate of drug-likeness (QED) is 0.562. The van der Waals surface area contributed by atoms with Crippen LogP contribution in [0.1, 0.15) is 19.3 Å². The Labute approximate surface area is 174 Å². The van der Waals surface area contributed by atoms with Crippen LogP contribution < -0.4 is 10.1 Å². The molecular formula is C25H21NO4. The minimum Gasteiger partial charge on any atom is -0.478 e. The molecule has 1 amide bonds. The molecule has 30 heavy (non-hydrogen) atoms. The van der Waals surface area contributed by atoms with Gasteiger partial charge in [-0.05, 0) is 66.8 Å². The fourth-order valence-corrected chi connectivity index (χ4v) is 3.52. The van der Waals surface area contributed by atoms with Crippen LogP contribution in [0, 0.1) is 0 Å². The number of rotatable bonds is 6. The van der Waals surface area contributed by atoms with Crippen molar-refractivity contribution in [3.8, 4) is 22.6 Å². The summed E-state index contributed by atoms with van der Waals surface area (Å²) in [6.07, 6.45) is 1.65. The fourth-order valence-electron chi connectivity index (χ4n) is 3.52. The van der Waals surface area contributed by atoms with Crippen LogP contribution in [0.2, 0.25) is 0 Å². The zero-order chi connectivity index (χ0) is 20.9. The molecule has 0 saturated heterocycles. The summed E-state index contributed by atoms with van der Waals surface area (Å²) in [6.45, 7) is 0. The van der Waals surface area contributed by atoms with Gasteiger partial charge in [-0.15, -0.1) is 0 Å². The largest absolute Gasteiger partial charge is 0.478 e. The standard InChI is InChI=1S/C25H21NO4/c27-24(22-7-4-8-23(22)25(28)29)26-19-13-9-17(10-14-19)18-11-15-21(16-12-18)30-20-5-2-1-3-6-20/h1-3,5-6,9-16H,4,7-8H2,(H,26,27)(H,28,29). The fraction of sp³-hybridized carbons (Fsp3) is 0.120. The molecule has 5 heteroatoms. The molecule has 3 aromatic rings. The van der Waals surface area contributed by atoms with Crippen LogP contribution in [0.3, 0.4) is 0 Å². The number of benzene rings is 3. The summed E-state index contributed by atoms with van der Waals surface area (Å²) in [5.74, 6) is 0.203. The van der Waals surface area contributed by atoms with Crippen LogP contribution in [-0.4, -0.2) is 17.0 Å². The van der Waals surface area contributed by atoms with Gasteiger partial charge in [0.15, 0.2) is 0 Å². The molecule has 5 nitrogen and oxygen atoms in total. The summed E-state index contributed by atoms with van der Waals surface area (Å²) in [7, 11) is 0. The molecule has 0 heterocycles. The van der Waals surface area contributed by atoms with Crippen molar-refractivity contribution in [2.75, 3.05) is 5.32 Å². The third-order valence-corrected chi connectivity index (χ3v) is 5.06. The first-order chi connectivity index (χ1) is 14.6. The molecule has 3 aromatic carbocycles. The summed E-state index contributed by atoms with van der Waals surface area (Å²) >= 11 is 0. The van der Waals surface area contributed by atoms with Gasteiger partial charge >= 0.3 is 5.97 Å². The highest BCUT2D eigenvalue weighted by atomic mass is 16.5. The van der Waals surface area contributed by atoms with E-state index in [0.29, 0.717) is 30.5 Å². The van der Waals surface area contributed by atoms with Gasteiger partial charge in [0.2, 0.25) is 0 Å². The molecule has 0 aliphatic heterocycles. The number of hydrogen-bond donors (Lipinski definition) is 2. The van der Waals surface area contributed by atoms with Crippen molar-refractivity contribution in [3.05, 3.63) is 90.0 Å². The number of ether oxygens (including phenoxy) is 1. The third-order valence-electron chi connectivity index (χ3n) is 5.06. The molecule has 0 aromatic heterocycles. The number of hydrogen-bond acceptors (Lipinski definition) is 3. The normalized spacial score (nSPS) is 13.2. The zero-order valence-electron chi connectivity index (χ0n) is 16.3. The van der Waals surface area contributed by atoms with Crippen LogP contribution in [0.15, 0.2) is 90.0 Å². The molecule has 0 atom stereocenters. The van der Waals surface area contributed by atoms with Gasteiger partial charge in [-0.1, -0.05) is 42.5 Å². The topological polar surface area (TPSA) is 75.6 Å². The highest BCUT2D eigenvalue weighted by molar-refractivity contribution is 6.09. The van der Waals surface area contributed by atoms with Gasteiger partial charge < -0.3 is 15.2 Å². The highest BCUT2D eigenvalue weighted by Gasteiger charge is 2.25. The molecule has 0 saturated carbocycles. The maximum Gasteiger partial charge on any atom is 0.332 e. The van der Waals surface area contributed by atoms with E-state index < -0.39 is 5.97 Å². The first-order valence-corrected chi connectivity index (χ1v) is 9.80. The Bertz CT molecular complexity index is 1080. The number of carbonyl (C=O) groups excluding carboxylic acids is 1.